The summed E-state index contributed by atoms with van der Waals surface area (Å²) in [6.45, 7) is 0. The fourth-order valence-corrected chi connectivity index (χ4v) is 0. The van der Waals surface area contributed by atoms with Crippen LogP contribution in [0.2, 0.25) is 0 Å². The average Bonchev–Trinajstić information content (AvgIpc) is 1.00. The van der Waals surface area contributed by atoms with Gasteiger partial charge in [-0.25, -0.2) is 0 Å². The van der Waals surface area contributed by atoms with Crippen molar-refractivity contribution in [3.8, 4) is 0 Å². The van der Waals surface area contributed by atoms with Crippen molar-refractivity contribution in [2.45, 2.75) is 29.7 Å². The van der Waals surface area contributed by atoms with Gasteiger partial charge >= 0.3 is 21.8 Å². The van der Waals surface area contributed by atoms with E-state index < -0.39 is 0 Å². The van der Waals surface area contributed by atoms with E-state index in [4.69, 9.17) is 3.57 Å². The molecule has 0 heterocycles. The van der Waals surface area contributed by atoms with E-state index in [-0.39, 0.29) is 48.0 Å². The van der Waals surface area contributed by atoms with Gasteiger partial charge in [0.05, 0.1) is 0 Å². The van der Waals surface area contributed by atoms with Gasteiger partial charge in [-0.2, -0.15) is 0 Å². The molecule has 0 rings (SSSR count). The summed E-state index contributed by atoms with van der Waals surface area (Å²) in [7, 11) is 0. The van der Waals surface area contributed by atoms with E-state index in [2.05, 4.69) is 0 Å². The Balaban J connectivity index is -0.000000000833. The van der Waals surface area contributed by atoms with Crippen LogP contribution in [0.3, 0.4) is 0 Å². The van der Waals surface area contributed by atoms with Gasteiger partial charge in [0.25, 0.3) is 0 Å². The van der Waals surface area contributed by atoms with Gasteiger partial charge in [0.15, 0.2) is 0 Å². The number of hydrogen-bond donors (Lipinski definition) is 0. The van der Waals surface area contributed by atoms with E-state index in [1.807, 2.05) is 0 Å². The van der Waals surface area contributed by atoms with Crippen molar-refractivity contribution < 1.29 is 21.8 Å². The van der Waals surface area contributed by atoms with Gasteiger partial charge in [-0.1, -0.05) is 29.7 Å². The molecule has 0 unspecified atom stereocenters. The molecule has 0 amide bonds. The van der Waals surface area contributed by atoms with Gasteiger partial charge in [0.2, 0.25) is 0 Å². The molecule has 0 N–H and O–H groups in total. The van der Waals surface area contributed by atoms with Crippen LogP contribution in [0, 0.1) is 0 Å². The van der Waals surface area contributed by atoms with Gasteiger partial charge in [0, 0.05) is 0 Å². The quantitative estimate of drug-likeness (QED) is 0.479. The summed E-state index contributed by atoms with van der Waals surface area (Å²) in [5, 5.41) is 0. The maximum atomic E-state index is 8.38. The van der Waals surface area contributed by atoms with Crippen LogP contribution >= 0.6 is 0 Å². The van der Waals surface area contributed by atoms with E-state index in [1.54, 1.807) is 0 Å². The Morgan fingerprint density at radius 3 is 0.667 bits per heavy atom. The van der Waals surface area contributed by atoms with Crippen molar-refractivity contribution >= 4 is 0 Å². The molecule has 0 fully saturated rings. The molecule has 0 aliphatic heterocycles. The Morgan fingerprint density at radius 1 is 0.667 bits per heavy atom. The average molecular weight is 146 g/mol. The zero-order valence-corrected chi connectivity index (χ0v) is 4.08. The molecule has 0 bridgehead atoms. The fourth-order valence-electron chi connectivity index (χ4n) is 0. The summed E-state index contributed by atoms with van der Waals surface area (Å²) in [6.07, 6.45) is 0. The number of hydrogen-bond acceptors (Lipinski definition) is 1. The first-order valence-electron chi connectivity index (χ1n) is 0.289. The molecule has 1 nitrogen and oxygen atoms in total. The first-order chi connectivity index (χ1) is 1.00. The van der Waals surface area contributed by atoms with Gasteiger partial charge in [0.1, 0.15) is 0 Å². The zero-order chi connectivity index (χ0) is 2.00. The van der Waals surface area contributed by atoms with Crippen molar-refractivity contribution in [2.24, 2.45) is 0 Å². The molecule has 0 aromatic rings. The van der Waals surface area contributed by atoms with Crippen molar-refractivity contribution in [3.63, 3.8) is 0 Å². The van der Waals surface area contributed by atoms with Crippen LogP contribution in [-0.4, -0.2) is 0 Å². The predicted octanol–water partition coefficient (Wildman–Crippen LogP) is 2.42. The van der Waals surface area contributed by atoms with Crippen LogP contribution in [-0.2, 0) is 21.8 Å². The van der Waals surface area contributed by atoms with E-state index >= 15 is 0 Å². The normalized spacial score (nSPS) is 1.00. The molecule has 40 valence electrons. The minimum atomic E-state index is 0. The molecule has 2 heteroatoms. The second-order valence-corrected chi connectivity index (χ2v) is 0. The molecule has 0 aromatic carbocycles. The Labute approximate surface area is 52.1 Å². The molecule has 0 aliphatic carbocycles. The van der Waals surface area contributed by atoms with E-state index in [0.29, 0.717) is 0 Å². The third kappa shape index (κ3) is 289. The van der Waals surface area contributed by atoms with Crippen molar-refractivity contribution in [2.75, 3.05) is 0 Å². The van der Waals surface area contributed by atoms with E-state index in [0.717, 1.165) is 0 Å². The van der Waals surface area contributed by atoms with Gasteiger partial charge in [-0.15, -0.1) is 0 Å². The molecule has 0 saturated carbocycles. The van der Waals surface area contributed by atoms with Gasteiger partial charge in [-0.05, 0) is 0 Å². The summed E-state index contributed by atoms with van der Waals surface area (Å²) in [5.41, 5.74) is 0. The molecule has 0 aliphatic rings. The van der Waals surface area contributed by atoms with Crippen LogP contribution in [0.15, 0.2) is 0 Å². The van der Waals surface area contributed by atoms with Crippen LogP contribution in [0.1, 0.15) is 29.7 Å². The van der Waals surface area contributed by atoms with Crippen molar-refractivity contribution in [1.82, 2.24) is 0 Å². The molecule has 0 radical (unpaired) electrons. The molecule has 6 heavy (non-hydrogen) atoms. The third-order valence-corrected chi connectivity index (χ3v) is 0. The van der Waals surface area contributed by atoms with Gasteiger partial charge < -0.3 is 0 Å². The van der Waals surface area contributed by atoms with Crippen LogP contribution in [0.4, 0.5) is 0 Å². The van der Waals surface area contributed by atoms with E-state index in [1.165, 1.54) is 0 Å². The standard InChI is InChI=1S/4CH4.O.Zn/h4*1H4;;. The molecular weight excluding hydrogens is 129 g/mol. The minimum absolute atomic E-state index is 0. The van der Waals surface area contributed by atoms with Crippen molar-refractivity contribution in [1.29, 1.82) is 0 Å². The van der Waals surface area contributed by atoms with Crippen LogP contribution in [0.25, 0.3) is 0 Å². The molecule has 0 atom stereocenters. The summed E-state index contributed by atoms with van der Waals surface area (Å²) in [5.74, 6) is 0. The summed E-state index contributed by atoms with van der Waals surface area (Å²) >= 11 is 0.125. The fraction of sp³-hybridized carbons (Fsp3) is 1.00. The number of rotatable bonds is 0. The second-order valence-electron chi connectivity index (χ2n) is 0. The van der Waals surface area contributed by atoms with Gasteiger partial charge in [-0.3, -0.25) is 0 Å². The van der Waals surface area contributed by atoms with Crippen LogP contribution in [0.5, 0.6) is 0 Å². The van der Waals surface area contributed by atoms with E-state index in [9.17, 15) is 0 Å². The zero-order valence-electron chi connectivity index (χ0n) is 1.12. The Bertz CT molecular complexity index is 7.51. The molecule has 0 spiro atoms. The Hall–Kier alpha value is 0.423. The molecule has 0 aromatic heterocycles. The second kappa shape index (κ2) is 592. The summed E-state index contributed by atoms with van der Waals surface area (Å²) in [4.78, 5) is 0. The maximum absolute atomic E-state index is 8.38. The predicted molar refractivity (Wildman–Crippen MR) is 27.6 cm³/mol. The Kier molecular flexibility index (Phi) is 9200. The molecular formula is C4H16OZn. The van der Waals surface area contributed by atoms with Crippen molar-refractivity contribution in [3.05, 3.63) is 0 Å². The Morgan fingerprint density at radius 2 is 0.667 bits per heavy atom. The monoisotopic (exact) mass is 144 g/mol. The van der Waals surface area contributed by atoms with Crippen LogP contribution < -0.4 is 0 Å². The first-order valence-corrected chi connectivity index (χ1v) is 1.50. The third-order valence-electron chi connectivity index (χ3n) is 0. The molecule has 0 saturated heterocycles. The SMILES string of the molecule is C.C.C.C.[O]=[Zn]. The summed E-state index contributed by atoms with van der Waals surface area (Å²) in [6, 6.07) is 0. The topological polar surface area (TPSA) is 17.1 Å². The summed E-state index contributed by atoms with van der Waals surface area (Å²) < 4.78 is 8.38. The first kappa shape index (κ1) is 93.3.